The van der Waals surface area contributed by atoms with Gasteiger partial charge in [-0.3, -0.25) is 4.79 Å². The third kappa shape index (κ3) is 5.09. The van der Waals surface area contributed by atoms with Gasteiger partial charge in [-0.25, -0.2) is 5.43 Å². The van der Waals surface area contributed by atoms with E-state index in [0.717, 1.165) is 34.6 Å². The first-order valence-corrected chi connectivity index (χ1v) is 8.32. The molecule has 0 saturated carbocycles. The fraction of sp³-hybridized carbons (Fsp3) is 0.300. The van der Waals surface area contributed by atoms with Crippen LogP contribution in [0.15, 0.2) is 41.5 Å². The number of hydrogen-bond acceptors (Lipinski definition) is 3. The first kappa shape index (κ1) is 20.5. The van der Waals surface area contributed by atoms with E-state index >= 15 is 0 Å². The topological polar surface area (TPSA) is 50.7 Å². The maximum absolute atomic E-state index is 12.7. The SMILES string of the molecule is COc1cc(C)c(C=NNC(=O)c2cccc(C(F)(F)F)c2)cc1C(C)C. The molecule has 27 heavy (non-hydrogen) atoms. The Morgan fingerprint density at radius 1 is 1.22 bits per heavy atom. The van der Waals surface area contributed by atoms with Crippen LogP contribution in [0.1, 0.15) is 52.4 Å². The molecule has 0 aliphatic carbocycles. The predicted octanol–water partition coefficient (Wildman–Crippen LogP) is 4.91. The van der Waals surface area contributed by atoms with Crippen molar-refractivity contribution in [3.05, 3.63) is 64.2 Å². The van der Waals surface area contributed by atoms with Crippen LogP contribution in [0.3, 0.4) is 0 Å². The Kier molecular flexibility index (Phi) is 6.25. The minimum atomic E-state index is -4.51. The molecule has 2 aromatic carbocycles. The predicted molar refractivity (Wildman–Crippen MR) is 98.3 cm³/mol. The Balaban J connectivity index is 2.18. The van der Waals surface area contributed by atoms with Crippen LogP contribution in [0.4, 0.5) is 13.2 Å². The van der Waals surface area contributed by atoms with Crippen LogP contribution in [0.2, 0.25) is 0 Å². The minimum absolute atomic E-state index is 0.115. The van der Waals surface area contributed by atoms with Crippen LogP contribution in [0, 0.1) is 6.92 Å². The van der Waals surface area contributed by atoms with Crippen LogP contribution < -0.4 is 10.2 Å². The van der Waals surface area contributed by atoms with Gasteiger partial charge in [0.15, 0.2) is 0 Å². The molecule has 1 amide bonds. The molecule has 0 atom stereocenters. The molecule has 0 aliphatic rings. The van der Waals surface area contributed by atoms with E-state index in [1.165, 1.54) is 18.3 Å². The fourth-order valence-corrected chi connectivity index (χ4v) is 2.54. The normalized spacial score (nSPS) is 11.9. The summed E-state index contributed by atoms with van der Waals surface area (Å²) < 4.78 is 43.6. The average Bonchev–Trinajstić information content (AvgIpc) is 2.61. The molecule has 1 N–H and O–H groups in total. The lowest BCUT2D eigenvalue weighted by Gasteiger charge is -2.14. The summed E-state index contributed by atoms with van der Waals surface area (Å²) in [5.41, 5.74) is 3.94. The van der Waals surface area contributed by atoms with E-state index in [4.69, 9.17) is 4.74 Å². The van der Waals surface area contributed by atoms with Crippen molar-refractivity contribution in [1.82, 2.24) is 5.43 Å². The Morgan fingerprint density at radius 2 is 1.93 bits per heavy atom. The maximum Gasteiger partial charge on any atom is 0.416 e. The van der Waals surface area contributed by atoms with Gasteiger partial charge in [-0.15, -0.1) is 0 Å². The number of amides is 1. The Morgan fingerprint density at radius 3 is 2.52 bits per heavy atom. The van der Waals surface area contributed by atoms with Crippen LogP contribution in [-0.4, -0.2) is 19.2 Å². The van der Waals surface area contributed by atoms with E-state index in [1.54, 1.807) is 7.11 Å². The van der Waals surface area contributed by atoms with Gasteiger partial charge >= 0.3 is 6.18 Å². The number of hydrogen-bond donors (Lipinski definition) is 1. The highest BCUT2D eigenvalue weighted by molar-refractivity contribution is 5.95. The lowest BCUT2D eigenvalue weighted by atomic mass is 9.97. The standard InChI is InChI=1S/C20H21F3N2O2/c1-12(2)17-10-15(13(3)8-18(17)27-4)11-24-25-19(26)14-6-5-7-16(9-14)20(21,22)23/h5-12H,1-4H3,(H,25,26). The monoisotopic (exact) mass is 378 g/mol. The Labute approximate surface area is 156 Å². The number of methoxy groups -OCH3 is 1. The van der Waals surface area contributed by atoms with Crippen molar-refractivity contribution in [2.45, 2.75) is 32.9 Å². The summed E-state index contributed by atoms with van der Waals surface area (Å²) in [6, 6.07) is 7.98. The van der Waals surface area contributed by atoms with Crippen molar-refractivity contribution in [3.8, 4) is 5.75 Å². The lowest BCUT2D eigenvalue weighted by Crippen LogP contribution is -2.18. The van der Waals surface area contributed by atoms with Crippen LogP contribution >= 0.6 is 0 Å². The number of rotatable bonds is 5. The fourth-order valence-electron chi connectivity index (χ4n) is 2.54. The maximum atomic E-state index is 12.7. The van der Waals surface area contributed by atoms with Crippen LogP contribution in [0.25, 0.3) is 0 Å². The van der Waals surface area contributed by atoms with Crippen LogP contribution in [0.5, 0.6) is 5.75 Å². The van der Waals surface area contributed by atoms with Crippen molar-refractivity contribution in [2.24, 2.45) is 5.10 Å². The second-order valence-electron chi connectivity index (χ2n) is 6.38. The molecule has 2 rings (SSSR count). The molecule has 0 fully saturated rings. The first-order valence-electron chi connectivity index (χ1n) is 8.32. The number of carbonyl (C=O) groups is 1. The number of carbonyl (C=O) groups excluding carboxylic acids is 1. The molecule has 0 unspecified atom stereocenters. The van der Waals surface area contributed by atoms with E-state index < -0.39 is 17.6 Å². The molecule has 0 aromatic heterocycles. The Bertz CT molecular complexity index is 859. The number of aryl methyl sites for hydroxylation is 1. The summed E-state index contributed by atoms with van der Waals surface area (Å²) in [5, 5.41) is 3.88. The third-order valence-corrected chi connectivity index (χ3v) is 4.06. The summed E-state index contributed by atoms with van der Waals surface area (Å²) in [7, 11) is 1.60. The zero-order valence-corrected chi connectivity index (χ0v) is 15.5. The summed E-state index contributed by atoms with van der Waals surface area (Å²) in [5.74, 6) is 0.285. The second-order valence-corrected chi connectivity index (χ2v) is 6.38. The lowest BCUT2D eigenvalue weighted by molar-refractivity contribution is -0.137. The first-order chi connectivity index (χ1) is 12.6. The van der Waals surface area contributed by atoms with Crippen molar-refractivity contribution in [3.63, 3.8) is 0 Å². The molecule has 0 saturated heterocycles. The molecule has 0 aliphatic heterocycles. The number of hydrazone groups is 1. The highest BCUT2D eigenvalue weighted by Gasteiger charge is 2.30. The zero-order valence-electron chi connectivity index (χ0n) is 15.5. The third-order valence-electron chi connectivity index (χ3n) is 4.06. The molecule has 144 valence electrons. The van der Waals surface area contributed by atoms with E-state index in [9.17, 15) is 18.0 Å². The van der Waals surface area contributed by atoms with Gasteiger partial charge in [-0.2, -0.15) is 18.3 Å². The minimum Gasteiger partial charge on any atom is -0.496 e. The van der Waals surface area contributed by atoms with E-state index in [1.807, 2.05) is 32.9 Å². The second kappa shape index (κ2) is 8.24. The van der Waals surface area contributed by atoms with E-state index in [-0.39, 0.29) is 11.5 Å². The van der Waals surface area contributed by atoms with Gasteiger partial charge in [-0.1, -0.05) is 19.9 Å². The molecular weight excluding hydrogens is 357 g/mol. The highest BCUT2D eigenvalue weighted by atomic mass is 19.4. The van der Waals surface area contributed by atoms with Crippen LogP contribution in [-0.2, 0) is 6.18 Å². The van der Waals surface area contributed by atoms with Gasteiger partial charge in [0.25, 0.3) is 5.91 Å². The summed E-state index contributed by atoms with van der Waals surface area (Å²) in [6.07, 6.45) is -3.04. The number of alkyl halides is 3. The molecule has 0 heterocycles. The molecule has 0 spiro atoms. The quantitative estimate of drug-likeness (QED) is 0.594. The Hall–Kier alpha value is -2.83. The largest absolute Gasteiger partial charge is 0.496 e. The average molecular weight is 378 g/mol. The van der Waals surface area contributed by atoms with Gasteiger partial charge in [0.05, 0.1) is 18.9 Å². The van der Waals surface area contributed by atoms with Gasteiger partial charge in [0.2, 0.25) is 0 Å². The van der Waals surface area contributed by atoms with Gasteiger partial charge < -0.3 is 4.74 Å². The highest BCUT2D eigenvalue weighted by Crippen LogP contribution is 2.30. The summed E-state index contributed by atoms with van der Waals surface area (Å²) in [6.45, 7) is 5.94. The van der Waals surface area contributed by atoms with Crippen molar-refractivity contribution >= 4 is 12.1 Å². The smallest absolute Gasteiger partial charge is 0.416 e. The molecule has 2 aromatic rings. The molecule has 7 heteroatoms. The number of benzene rings is 2. The molecule has 0 bridgehead atoms. The van der Waals surface area contributed by atoms with Crippen molar-refractivity contribution in [1.29, 1.82) is 0 Å². The summed E-state index contributed by atoms with van der Waals surface area (Å²) in [4.78, 5) is 12.1. The number of nitrogens with one attached hydrogen (secondary N) is 1. The van der Waals surface area contributed by atoms with Crippen molar-refractivity contribution < 1.29 is 22.7 Å². The summed E-state index contributed by atoms with van der Waals surface area (Å²) >= 11 is 0. The van der Waals surface area contributed by atoms with Gasteiger partial charge in [-0.05, 0) is 59.9 Å². The molecule has 4 nitrogen and oxygen atoms in total. The molecule has 0 radical (unpaired) electrons. The number of halogens is 3. The van der Waals surface area contributed by atoms with Gasteiger partial charge in [0, 0.05) is 5.56 Å². The number of ether oxygens (including phenoxy) is 1. The van der Waals surface area contributed by atoms with Crippen molar-refractivity contribution in [2.75, 3.05) is 7.11 Å². The van der Waals surface area contributed by atoms with Gasteiger partial charge in [0.1, 0.15) is 5.75 Å². The molecular formula is C20H21F3N2O2. The zero-order chi connectivity index (χ0) is 20.2. The number of nitrogens with zero attached hydrogens (tertiary/aromatic N) is 1. The van der Waals surface area contributed by atoms with E-state index in [0.29, 0.717) is 0 Å². The van der Waals surface area contributed by atoms with E-state index in [2.05, 4.69) is 10.5 Å².